The van der Waals surface area contributed by atoms with Crippen molar-refractivity contribution in [3.05, 3.63) is 45.0 Å². The van der Waals surface area contributed by atoms with Crippen molar-refractivity contribution in [1.82, 2.24) is 0 Å². The summed E-state index contributed by atoms with van der Waals surface area (Å²) in [5.74, 6) is 0. The zero-order valence-electron chi connectivity index (χ0n) is 7.63. The lowest BCUT2D eigenvalue weighted by molar-refractivity contribution is 0.666. The van der Waals surface area contributed by atoms with Crippen molar-refractivity contribution in [2.75, 3.05) is 0 Å². The summed E-state index contributed by atoms with van der Waals surface area (Å²) in [5.41, 5.74) is 1.69. The van der Waals surface area contributed by atoms with Gasteiger partial charge in [-0.05, 0) is 34.7 Å². The minimum atomic E-state index is 0.666. The van der Waals surface area contributed by atoms with Crippen molar-refractivity contribution in [2.45, 2.75) is 0 Å². The van der Waals surface area contributed by atoms with Gasteiger partial charge in [0.1, 0.15) is 5.58 Å². The summed E-state index contributed by atoms with van der Waals surface area (Å²) >= 11 is 8.35. The topological polar surface area (TPSA) is 13.1 Å². The number of furan rings is 1. The number of halogens is 2. The van der Waals surface area contributed by atoms with E-state index in [1.165, 1.54) is 0 Å². The van der Waals surface area contributed by atoms with Gasteiger partial charge in [0.25, 0.3) is 0 Å². The Morgan fingerprint density at radius 3 is 2.40 bits per heavy atom. The van der Waals surface area contributed by atoms with Gasteiger partial charge in [-0.2, -0.15) is 0 Å². The molecule has 0 unspecified atom stereocenters. The van der Waals surface area contributed by atoms with E-state index < -0.39 is 0 Å². The first-order valence-electron chi connectivity index (χ1n) is 4.52. The molecule has 0 saturated carbocycles. The van der Waals surface area contributed by atoms with Crippen molar-refractivity contribution >= 4 is 56.1 Å². The van der Waals surface area contributed by atoms with E-state index in [2.05, 4.69) is 28.7 Å². The highest BCUT2D eigenvalue weighted by Gasteiger charge is 2.10. The molecule has 0 aliphatic heterocycles. The van der Waals surface area contributed by atoms with E-state index in [-0.39, 0.29) is 0 Å². The Hall–Kier alpha value is -0.740. The predicted molar refractivity (Wildman–Crippen MR) is 71.4 cm³/mol. The van der Waals surface area contributed by atoms with Crippen LogP contribution in [0, 0.1) is 3.57 Å². The highest BCUT2D eigenvalue weighted by atomic mass is 127. The molecule has 1 heterocycles. The molecule has 0 radical (unpaired) electrons. The molecule has 1 aromatic heterocycles. The molecule has 2 aromatic carbocycles. The molecule has 0 spiro atoms. The van der Waals surface area contributed by atoms with Crippen LogP contribution in [0.1, 0.15) is 0 Å². The molecule has 0 amide bonds. The largest absolute Gasteiger partial charge is 0.453 e. The molecule has 1 nitrogen and oxygen atoms in total. The lowest BCUT2D eigenvalue weighted by Gasteiger charge is -1.90. The fourth-order valence-electron chi connectivity index (χ4n) is 1.75. The van der Waals surface area contributed by atoms with Crippen molar-refractivity contribution in [3.63, 3.8) is 0 Å². The summed E-state index contributed by atoms with van der Waals surface area (Å²) in [5, 5.41) is 2.87. The summed E-state index contributed by atoms with van der Waals surface area (Å²) in [6.07, 6.45) is 0. The number of rotatable bonds is 0. The third-order valence-corrected chi connectivity index (χ3v) is 3.58. The molecule has 0 N–H and O–H groups in total. The second kappa shape index (κ2) is 3.39. The summed E-state index contributed by atoms with van der Waals surface area (Å²) in [4.78, 5) is 0. The van der Waals surface area contributed by atoms with Gasteiger partial charge >= 0.3 is 0 Å². The minimum absolute atomic E-state index is 0.666. The van der Waals surface area contributed by atoms with Gasteiger partial charge in [-0.1, -0.05) is 35.9 Å². The highest BCUT2D eigenvalue weighted by Crippen LogP contribution is 2.34. The van der Waals surface area contributed by atoms with Crippen LogP contribution in [0.2, 0.25) is 5.02 Å². The maximum atomic E-state index is 6.08. The summed E-state index contributed by atoms with van der Waals surface area (Å²) < 4.78 is 6.88. The van der Waals surface area contributed by atoms with Gasteiger partial charge in [0.2, 0.25) is 0 Å². The van der Waals surface area contributed by atoms with E-state index >= 15 is 0 Å². The molecule has 0 fully saturated rings. The third kappa shape index (κ3) is 1.35. The Kier molecular flexibility index (Phi) is 2.14. The predicted octanol–water partition coefficient (Wildman–Crippen LogP) is 4.84. The fraction of sp³-hybridized carbons (Fsp3) is 0. The van der Waals surface area contributed by atoms with Gasteiger partial charge in [-0.3, -0.25) is 0 Å². The Bertz CT molecular complexity index is 601. The lowest BCUT2D eigenvalue weighted by atomic mass is 10.1. The van der Waals surface area contributed by atoms with E-state index in [1.807, 2.05) is 30.3 Å². The summed E-state index contributed by atoms with van der Waals surface area (Å²) in [6.45, 7) is 0. The van der Waals surface area contributed by atoms with Crippen molar-refractivity contribution in [2.24, 2.45) is 0 Å². The molecule has 0 aliphatic carbocycles. The van der Waals surface area contributed by atoms with E-state index in [0.29, 0.717) is 5.02 Å². The van der Waals surface area contributed by atoms with Crippen LogP contribution in [-0.4, -0.2) is 0 Å². The molecule has 0 bridgehead atoms. The van der Waals surface area contributed by atoms with Crippen LogP contribution in [-0.2, 0) is 0 Å². The number of para-hydroxylation sites is 2. The van der Waals surface area contributed by atoms with E-state index in [0.717, 1.165) is 25.5 Å². The first-order chi connectivity index (χ1) is 7.27. The maximum absolute atomic E-state index is 6.08. The molecular weight excluding hydrogens is 322 g/mol. The van der Waals surface area contributed by atoms with Gasteiger partial charge in [0, 0.05) is 10.8 Å². The molecule has 3 aromatic rings. The second-order valence-corrected chi connectivity index (χ2v) is 4.90. The zero-order chi connectivity index (χ0) is 10.4. The van der Waals surface area contributed by atoms with Gasteiger partial charge in [-0.15, -0.1) is 0 Å². The van der Waals surface area contributed by atoms with Gasteiger partial charge < -0.3 is 4.42 Å². The first kappa shape index (κ1) is 9.48. The van der Waals surface area contributed by atoms with Gasteiger partial charge in [-0.25, -0.2) is 0 Å². The summed E-state index contributed by atoms with van der Waals surface area (Å²) in [6, 6.07) is 11.9. The van der Waals surface area contributed by atoms with E-state index in [9.17, 15) is 0 Å². The Morgan fingerprint density at radius 1 is 0.933 bits per heavy atom. The average Bonchev–Trinajstić information content (AvgIpc) is 2.60. The quantitative estimate of drug-likeness (QED) is 0.538. The molecule has 3 heteroatoms. The number of hydrogen-bond donors (Lipinski definition) is 0. The maximum Gasteiger partial charge on any atom is 0.154 e. The fourth-order valence-corrected chi connectivity index (χ4v) is 2.57. The van der Waals surface area contributed by atoms with E-state index in [1.54, 1.807) is 0 Å². The van der Waals surface area contributed by atoms with Crippen LogP contribution in [0.25, 0.3) is 21.9 Å². The standard InChI is InChI=1S/C12H6ClIO/c13-9-5-1-3-7-8-4-2-6-10(14)12(8)15-11(7)9/h1-6H. The Balaban J connectivity index is 2.63. The second-order valence-electron chi connectivity index (χ2n) is 3.34. The van der Waals surface area contributed by atoms with Crippen molar-refractivity contribution in [3.8, 4) is 0 Å². The van der Waals surface area contributed by atoms with Crippen LogP contribution in [0.5, 0.6) is 0 Å². The highest BCUT2D eigenvalue weighted by molar-refractivity contribution is 14.1. The molecule has 0 atom stereocenters. The Labute approximate surface area is 105 Å². The molecule has 15 heavy (non-hydrogen) atoms. The van der Waals surface area contributed by atoms with Crippen LogP contribution >= 0.6 is 34.2 Å². The third-order valence-electron chi connectivity index (χ3n) is 2.43. The number of benzene rings is 2. The number of fused-ring (bicyclic) bond motifs is 3. The van der Waals surface area contributed by atoms with E-state index in [4.69, 9.17) is 16.0 Å². The summed E-state index contributed by atoms with van der Waals surface area (Å²) in [7, 11) is 0. The van der Waals surface area contributed by atoms with Crippen LogP contribution in [0.15, 0.2) is 40.8 Å². The first-order valence-corrected chi connectivity index (χ1v) is 5.98. The average molecular weight is 329 g/mol. The SMILES string of the molecule is Clc1cccc2c1oc1c(I)cccc12. The van der Waals surface area contributed by atoms with Gasteiger partial charge in [0.05, 0.1) is 8.59 Å². The van der Waals surface area contributed by atoms with Gasteiger partial charge in [0.15, 0.2) is 5.58 Å². The monoisotopic (exact) mass is 328 g/mol. The minimum Gasteiger partial charge on any atom is -0.453 e. The van der Waals surface area contributed by atoms with Crippen LogP contribution < -0.4 is 0 Å². The Morgan fingerprint density at radius 2 is 1.60 bits per heavy atom. The normalized spacial score (nSPS) is 11.3. The number of hydrogen-bond acceptors (Lipinski definition) is 1. The molecule has 0 aliphatic rings. The van der Waals surface area contributed by atoms with Crippen molar-refractivity contribution < 1.29 is 4.42 Å². The zero-order valence-corrected chi connectivity index (χ0v) is 10.5. The van der Waals surface area contributed by atoms with Crippen LogP contribution in [0.4, 0.5) is 0 Å². The van der Waals surface area contributed by atoms with Crippen LogP contribution in [0.3, 0.4) is 0 Å². The smallest absolute Gasteiger partial charge is 0.154 e. The molecule has 3 rings (SSSR count). The molecule has 74 valence electrons. The van der Waals surface area contributed by atoms with Crippen molar-refractivity contribution in [1.29, 1.82) is 0 Å². The molecular formula is C12H6ClIO. The molecule has 0 saturated heterocycles. The lowest BCUT2D eigenvalue weighted by Crippen LogP contribution is -1.69.